The van der Waals surface area contributed by atoms with Crippen LogP contribution in [-0.4, -0.2) is 20.4 Å². The van der Waals surface area contributed by atoms with Crippen LogP contribution in [0.5, 0.6) is 17.2 Å². The maximum absolute atomic E-state index is 13.2. The normalized spacial score (nSPS) is 19.0. The van der Waals surface area contributed by atoms with Crippen LogP contribution >= 0.6 is 0 Å². The van der Waals surface area contributed by atoms with Gasteiger partial charge in [0.05, 0.1) is 16.6 Å². The second kappa shape index (κ2) is 7.97. The van der Waals surface area contributed by atoms with Crippen LogP contribution in [0.25, 0.3) is 11.0 Å². The number of nitrogens with zero attached hydrogens (tertiary/aromatic N) is 3. The quantitative estimate of drug-likeness (QED) is 0.384. The van der Waals surface area contributed by atoms with Crippen molar-refractivity contribution >= 4 is 22.8 Å². The van der Waals surface area contributed by atoms with Crippen LogP contribution in [-0.2, 0) is 24.4 Å². The topological polar surface area (TPSA) is 78.3 Å². The molecule has 2 aromatic carbocycles. The minimum absolute atomic E-state index is 0.0710. The fraction of sp³-hybridized carbons (Fsp3) is 0.269. The zero-order valence-corrected chi connectivity index (χ0v) is 19.4. The zero-order valence-electron chi connectivity index (χ0n) is 19.4. The van der Waals surface area contributed by atoms with E-state index in [2.05, 4.69) is 15.3 Å². The molecular formula is C26H21F3N4O3. The van der Waals surface area contributed by atoms with Crippen LogP contribution in [0.15, 0.2) is 48.7 Å². The summed E-state index contributed by atoms with van der Waals surface area (Å²) in [4.78, 5) is 20.4. The number of imidazole rings is 1. The van der Waals surface area contributed by atoms with Crippen LogP contribution in [0, 0.1) is 0 Å². The van der Waals surface area contributed by atoms with Crippen molar-refractivity contribution in [3.63, 3.8) is 0 Å². The fourth-order valence-electron chi connectivity index (χ4n) is 4.86. The molecule has 1 N–H and O–H groups in total. The summed E-state index contributed by atoms with van der Waals surface area (Å²) in [5.74, 6) is 2.78. The molecule has 0 aliphatic carbocycles. The summed E-state index contributed by atoms with van der Waals surface area (Å²) >= 11 is 0. The van der Waals surface area contributed by atoms with Gasteiger partial charge in [0.15, 0.2) is 11.9 Å². The molecule has 0 saturated carbocycles. The van der Waals surface area contributed by atoms with Crippen LogP contribution in [0.4, 0.5) is 19.0 Å². The van der Waals surface area contributed by atoms with Crippen molar-refractivity contribution < 1.29 is 27.4 Å². The van der Waals surface area contributed by atoms with Crippen molar-refractivity contribution in [2.24, 2.45) is 7.05 Å². The number of nitrogens with one attached hydrogen (secondary N) is 1. The first kappa shape index (κ1) is 22.4. The maximum atomic E-state index is 13.2. The summed E-state index contributed by atoms with van der Waals surface area (Å²) in [5, 5.41) is 2.76. The molecule has 0 saturated heterocycles. The number of aromatic nitrogens is 3. The molecule has 2 aromatic heterocycles. The molecule has 184 valence electrons. The highest BCUT2D eigenvalue weighted by Crippen LogP contribution is 2.48. The summed E-state index contributed by atoms with van der Waals surface area (Å²) in [5.41, 5.74) is 1.90. The first-order valence-electron chi connectivity index (χ1n) is 11.5. The largest absolute Gasteiger partial charge is 0.482 e. The molecular weight excluding hydrogens is 473 g/mol. The minimum atomic E-state index is -4.44. The Bertz CT molecular complexity index is 1530. The SMILES string of the molecule is CC1c2cc(Oc3ccnc4c3CCC(=O)N4)ccc2OC1c1nc2cc(C(F)(F)F)ccc2n1C. The predicted octanol–water partition coefficient (Wildman–Crippen LogP) is 5.90. The van der Waals surface area contributed by atoms with E-state index in [-0.39, 0.29) is 17.3 Å². The van der Waals surface area contributed by atoms with Gasteiger partial charge in [-0.2, -0.15) is 13.2 Å². The minimum Gasteiger partial charge on any atom is -0.482 e. The van der Waals surface area contributed by atoms with Crippen molar-refractivity contribution in [1.82, 2.24) is 14.5 Å². The number of carbonyl (C=O) groups is 1. The van der Waals surface area contributed by atoms with Gasteiger partial charge in [0.2, 0.25) is 5.91 Å². The standard InChI is InChI=1S/C26H21F3N4O3/c1-13-17-12-15(35-21-9-10-30-24-16(21)5-8-22(34)32-24)4-7-20(17)36-23(13)25-31-18-11-14(26(27,28)29)3-6-19(18)33(25)2/h3-4,6-7,9-13,23H,5,8H2,1-2H3,(H,30,32,34). The lowest BCUT2D eigenvalue weighted by molar-refractivity contribution is -0.137. The Labute approximate surface area is 203 Å². The van der Waals surface area contributed by atoms with E-state index in [4.69, 9.17) is 9.47 Å². The van der Waals surface area contributed by atoms with Gasteiger partial charge in [0.25, 0.3) is 0 Å². The van der Waals surface area contributed by atoms with E-state index in [1.807, 2.05) is 19.1 Å². The summed E-state index contributed by atoms with van der Waals surface area (Å²) in [6.07, 6.45) is -2.40. The third kappa shape index (κ3) is 3.64. The van der Waals surface area contributed by atoms with E-state index in [0.29, 0.717) is 47.2 Å². The molecule has 0 bridgehead atoms. The summed E-state index contributed by atoms with van der Waals surface area (Å²) in [6.45, 7) is 1.99. The first-order chi connectivity index (χ1) is 17.2. The molecule has 0 spiro atoms. The molecule has 4 heterocycles. The zero-order chi connectivity index (χ0) is 25.2. The Kier molecular flexibility index (Phi) is 4.96. The Balaban J connectivity index is 1.29. The molecule has 6 rings (SSSR count). The second-order valence-electron chi connectivity index (χ2n) is 9.04. The summed E-state index contributed by atoms with van der Waals surface area (Å²) in [7, 11) is 1.77. The smallest absolute Gasteiger partial charge is 0.416 e. The number of ether oxygens (including phenoxy) is 2. The van der Waals surface area contributed by atoms with Gasteiger partial charge in [-0.15, -0.1) is 0 Å². The number of hydrogen-bond acceptors (Lipinski definition) is 5. The van der Waals surface area contributed by atoms with Crippen molar-refractivity contribution in [3.05, 3.63) is 71.2 Å². The number of benzene rings is 2. The van der Waals surface area contributed by atoms with E-state index in [9.17, 15) is 18.0 Å². The summed E-state index contributed by atoms with van der Waals surface area (Å²) < 4.78 is 53.7. The van der Waals surface area contributed by atoms with Gasteiger partial charge in [-0.1, -0.05) is 6.92 Å². The highest BCUT2D eigenvalue weighted by molar-refractivity contribution is 5.93. The molecule has 2 unspecified atom stereocenters. The van der Waals surface area contributed by atoms with Crippen LogP contribution in [0.1, 0.15) is 47.9 Å². The monoisotopic (exact) mass is 494 g/mol. The lowest BCUT2D eigenvalue weighted by Crippen LogP contribution is -2.20. The second-order valence-corrected chi connectivity index (χ2v) is 9.04. The summed E-state index contributed by atoms with van der Waals surface area (Å²) in [6, 6.07) is 10.8. The third-order valence-corrected chi connectivity index (χ3v) is 6.78. The number of rotatable bonds is 3. The number of halogens is 3. The van der Waals surface area contributed by atoms with Gasteiger partial charge in [-0.05, 0) is 48.9 Å². The van der Waals surface area contributed by atoms with Gasteiger partial charge in [0, 0.05) is 36.7 Å². The van der Waals surface area contributed by atoms with Gasteiger partial charge in [-0.25, -0.2) is 9.97 Å². The average molecular weight is 494 g/mol. The number of alkyl halides is 3. The number of pyridine rings is 1. The van der Waals surface area contributed by atoms with Gasteiger partial charge in [0.1, 0.15) is 23.1 Å². The van der Waals surface area contributed by atoms with Crippen LogP contribution in [0.3, 0.4) is 0 Å². The highest BCUT2D eigenvalue weighted by atomic mass is 19.4. The predicted molar refractivity (Wildman–Crippen MR) is 125 cm³/mol. The van der Waals surface area contributed by atoms with Crippen LogP contribution < -0.4 is 14.8 Å². The molecule has 7 nitrogen and oxygen atoms in total. The number of aryl methyl sites for hydroxylation is 1. The van der Waals surface area contributed by atoms with Crippen LogP contribution in [0.2, 0.25) is 0 Å². The molecule has 1 amide bonds. The average Bonchev–Trinajstić information content (AvgIpc) is 3.34. The molecule has 2 aliphatic rings. The van der Waals surface area contributed by atoms with Crippen molar-refractivity contribution in [2.45, 2.75) is 38.0 Å². The van der Waals surface area contributed by atoms with E-state index in [1.54, 1.807) is 29.9 Å². The number of anilines is 1. The van der Waals surface area contributed by atoms with E-state index in [0.717, 1.165) is 23.3 Å². The Morgan fingerprint density at radius 2 is 1.97 bits per heavy atom. The maximum Gasteiger partial charge on any atom is 0.416 e. The highest BCUT2D eigenvalue weighted by Gasteiger charge is 2.37. The first-order valence-corrected chi connectivity index (χ1v) is 11.5. The lowest BCUT2D eigenvalue weighted by Gasteiger charge is -2.19. The Morgan fingerprint density at radius 1 is 1.14 bits per heavy atom. The number of hydrogen-bond donors (Lipinski definition) is 1. The van der Waals surface area contributed by atoms with Gasteiger partial charge >= 0.3 is 6.18 Å². The molecule has 0 radical (unpaired) electrons. The van der Waals surface area contributed by atoms with E-state index >= 15 is 0 Å². The number of amides is 1. The molecule has 4 aromatic rings. The lowest BCUT2D eigenvalue weighted by atomic mass is 9.97. The Hall–Kier alpha value is -4.08. The van der Waals surface area contributed by atoms with Gasteiger partial charge in [-0.3, -0.25) is 4.79 Å². The Morgan fingerprint density at radius 3 is 2.78 bits per heavy atom. The third-order valence-electron chi connectivity index (χ3n) is 6.78. The molecule has 0 fully saturated rings. The molecule has 10 heteroatoms. The van der Waals surface area contributed by atoms with Crippen molar-refractivity contribution in [2.75, 3.05) is 5.32 Å². The van der Waals surface area contributed by atoms with E-state index in [1.165, 1.54) is 6.07 Å². The van der Waals surface area contributed by atoms with E-state index < -0.39 is 17.8 Å². The molecule has 36 heavy (non-hydrogen) atoms. The van der Waals surface area contributed by atoms with Gasteiger partial charge < -0.3 is 19.4 Å². The molecule has 2 atom stereocenters. The van der Waals surface area contributed by atoms with Crippen molar-refractivity contribution in [1.29, 1.82) is 0 Å². The number of carbonyl (C=O) groups excluding carboxylic acids is 1. The molecule has 2 aliphatic heterocycles. The van der Waals surface area contributed by atoms with Crippen molar-refractivity contribution in [3.8, 4) is 17.2 Å². The number of fused-ring (bicyclic) bond motifs is 3. The fourth-order valence-corrected chi connectivity index (χ4v) is 4.86.